The largest absolute Gasteiger partial charge is 0.469 e. The molecule has 2 rings (SSSR count). The van der Waals surface area contributed by atoms with Crippen molar-refractivity contribution in [3.63, 3.8) is 0 Å². The molecule has 0 radical (unpaired) electrons. The molecule has 1 saturated carbocycles. The molecule has 0 spiro atoms. The zero-order chi connectivity index (χ0) is 12.1. The quantitative estimate of drug-likeness (QED) is 0.872. The van der Waals surface area contributed by atoms with Crippen molar-refractivity contribution in [3.8, 4) is 0 Å². The molecule has 3 heteroatoms. The Kier molecular flexibility index (Phi) is 4.24. The Morgan fingerprint density at radius 3 is 2.88 bits per heavy atom. The van der Waals surface area contributed by atoms with Gasteiger partial charge in [-0.15, -0.1) is 0 Å². The molecule has 1 aliphatic rings. The second-order valence-electron chi connectivity index (χ2n) is 5.03. The van der Waals surface area contributed by atoms with Gasteiger partial charge >= 0.3 is 0 Å². The monoisotopic (exact) mass is 235 g/mol. The maximum atomic E-state index is 12.0. The van der Waals surface area contributed by atoms with E-state index in [1.165, 1.54) is 19.3 Å². The number of hydrogen-bond acceptors (Lipinski definition) is 2. The minimum atomic E-state index is 0.149. The Balaban J connectivity index is 1.77. The van der Waals surface area contributed by atoms with Gasteiger partial charge in [0.25, 0.3) is 0 Å². The lowest BCUT2D eigenvalue weighted by atomic mass is 9.88. The van der Waals surface area contributed by atoms with E-state index < -0.39 is 0 Å². The van der Waals surface area contributed by atoms with Crippen molar-refractivity contribution in [1.29, 1.82) is 0 Å². The SMILES string of the molecule is C[C@@H](Cc1ccco1)NC(=O)C1CCCCC1. The number of carbonyl (C=O) groups excluding carboxylic acids is 1. The zero-order valence-corrected chi connectivity index (χ0v) is 10.4. The summed E-state index contributed by atoms with van der Waals surface area (Å²) < 4.78 is 5.28. The molecule has 3 nitrogen and oxygen atoms in total. The van der Waals surface area contributed by atoms with Crippen LogP contribution in [0.25, 0.3) is 0 Å². The van der Waals surface area contributed by atoms with Crippen molar-refractivity contribution in [2.45, 2.75) is 51.5 Å². The highest BCUT2D eigenvalue weighted by Gasteiger charge is 2.22. The van der Waals surface area contributed by atoms with Gasteiger partial charge < -0.3 is 9.73 Å². The van der Waals surface area contributed by atoms with Crippen LogP contribution in [-0.4, -0.2) is 11.9 Å². The maximum Gasteiger partial charge on any atom is 0.223 e. The van der Waals surface area contributed by atoms with Crippen LogP contribution in [0.3, 0.4) is 0 Å². The standard InChI is InChI=1S/C14H21NO2/c1-11(10-13-8-5-9-17-13)15-14(16)12-6-3-2-4-7-12/h5,8-9,11-12H,2-4,6-7,10H2,1H3,(H,15,16)/t11-/m0/s1. The van der Waals surface area contributed by atoms with Gasteiger partial charge in [0.2, 0.25) is 5.91 Å². The van der Waals surface area contributed by atoms with Gasteiger partial charge in [-0.3, -0.25) is 4.79 Å². The molecule has 94 valence electrons. The van der Waals surface area contributed by atoms with Gasteiger partial charge in [-0.2, -0.15) is 0 Å². The summed E-state index contributed by atoms with van der Waals surface area (Å²) in [4.78, 5) is 12.0. The van der Waals surface area contributed by atoms with Gasteiger partial charge in [-0.25, -0.2) is 0 Å². The third-order valence-corrected chi connectivity index (χ3v) is 3.45. The van der Waals surface area contributed by atoms with E-state index in [4.69, 9.17) is 4.42 Å². The lowest BCUT2D eigenvalue weighted by Gasteiger charge is -2.22. The van der Waals surface area contributed by atoms with Gasteiger partial charge in [0.1, 0.15) is 5.76 Å². The molecule has 0 aromatic carbocycles. The summed E-state index contributed by atoms with van der Waals surface area (Å²) in [6, 6.07) is 3.98. The molecule has 0 bridgehead atoms. The van der Waals surface area contributed by atoms with Crippen LogP contribution in [0.4, 0.5) is 0 Å². The fourth-order valence-electron chi connectivity index (χ4n) is 2.51. The molecular weight excluding hydrogens is 214 g/mol. The predicted molar refractivity (Wildman–Crippen MR) is 66.6 cm³/mol. The second-order valence-corrected chi connectivity index (χ2v) is 5.03. The Bertz CT molecular complexity index is 339. The first-order valence-electron chi connectivity index (χ1n) is 6.58. The maximum absolute atomic E-state index is 12.0. The van der Waals surface area contributed by atoms with Crippen molar-refractivity contribution < 1.29 is 9.21 Å². The molecule has 1 amide bonds. The van der Waals surface area contributed by atoms with E-state index in [1.54, 1.807) is 6.26 Å². The topological polar surface area (TPSA) is 42.2 Å². The number of nitrogens with one attached hydrogen (secondary N) is 1. The van der Waals surface area contributed by atoms with Crippen molar-refractivity contribution in [2.75, 3.05) is 0 Å². The molecule has 1 aromatic heterocycles. The molecule has 0 unspecified atom stereocenters. The Hall–Kier alpha value is -1.25. The first-order chi connectivity index (χ1) is 8.25. The highest BCUT2D eigenvalue weighted by molar-refractivity contribution is 5.78. The molecule has 1 aliphatic carbocycles. The number of rotatable bonds is 4. The Morgan fingerprint density at radius 1 is 1.47 bits per heavy atom. The minimum Gasteiger partial charge on any atom is -0.469 e. The van der Waals surface area contributed by atoms with Gasteiger partial charge in [-0.05, 0) is 31.9 Å². The van der Waals surface area contributed by atoms with E-state index in [1.807, 2.05) is 19.1 Å². The van der Waals surface area contributed by atoms with Crippen LogP contribution in [0.2, 0.25) is 0 Å². The van der Waals surface area contributed by atoms with Gasteiger partial charge in [0, 0.05) is 18.4 Å². The lowest BCUT2D eigenvalue weighted by molar-refractivity contribution is -0.126. The van der Waals surface area contributed by atoms with Crippen molar-refractivity contribution in [1.82, 2.24) is 5.32 Å². The lowest BCUT2D eigenvalue weighted by Crippen LogP contribution is -2.39. The molecule has 1 atom stereocenters. The van der Waals surface area contributed by atoms with Crippen molar-refractivity contribution >= 4 is 5.91 Å². The first-order valence-corrected chi connectivity index (χ1v) is 6.58. The third kappa shape index (κ3) is 3.62. The summed E-state index contributed by atoms with van der Waals surface area (Å²) in [6.45, 7) is 2.03. The van der Waals surface area contributed by atoms with E-state index in [-0.39, 0.29) is 17.9 Å². The molecule has 1 fully saturated rings. The van der Waals surface area contributed by atoms with Crippen LogP contribution >= 0.6 is 0 Å². The van der Waals surface area contributed by atoms with E-state index in [0.717, 1.165) is 25.0 Å². The predicted octanol–water partition coefficient (Wildman–Crippen LogP) is 2.91. The van der Waals surface area contributed by atoms with Crippen LogP contribution in [0.5, 0.6) is 0 Å². The molecule has 0 saturated heterocycles. The highest BCUT2D eigenvalue weighted by Crippen LogP contribution is 2.23. The number of amides is 1. The number of carbonyl (C=O) groups is 1. The Labute approximate surface area is 103 Å². The van der Waals surface area contributed by atoms with E-state index >= 15 is 0 Å². The third-order valence-electron chi connectivity index (χ3n) is 3.45. The molecule has 17 heavy (non-hydrogen) atoms. The average Bonchev–Trinajstić information content (AvgIpc) is 2.82. The molecular formula is C14H21NO2. The number of hydrogen-bond donors (Lipinski definition) is 1. The minimum absolute atomic E-state index is 0.149. The molecule has 1 aromatic rings. The molecule has 1 N–H and O–H groups in total. The summed E-state index contributed by atoms with van der Waals surface area (Å²) in [7, 11) is 0. The normalized spacial score (nSPS) is 18.9. The van der Waals surface area contributed by atoms with Gasteiger partial charge in [0.15, 0.2) is 0 Å². The Morgan fingerprint density at radius 2 is 2.24 bits per heavy atom. The van der Waals surface area contributed by atoms with Gasteiger partial charge in [-0.1, -0.05) is 19.3 Å². The smallest absolute Gasteiger partial charge is 0.223 e. The van der Waals surface area contributed by atoms with Crippen LogP contribution < -0.4 is 5.32 Å². The summed E-state index contributed by atoms with van der Waals surface area (Å²) in [6.07, 6.45) is 8.23. The van der Waals surface area contributed by atoms with Crippen LogP contribution in [0, 0.1) is 5.92 Å². The molecule has 1 heterocycles. The van der Waals surface area contributed by atoms with Gasteiger partial charge in [0.05, 0.1) is 6.26 Å². The van der Waals surface area contributed by atoms with Crippen LogP contribution in [-0.2, 0) is 11.2 Å². The second kappa shape index (κ2) is 5.89. The molecule has 0 aliphatic heterocycles. The fourth-order valence-corrected chi connectivity index (χ4v) is 2.51. The van der Waals surface area contributed by atoms with E-state index in [0.29, 0.717) is 0 Å². The summed E-state index contributed by atoms with van der Waals surface area (Å²) >= 11 is 0. The van der Waals surface area contributed by atoms with Crippen molar-refractivity contribution in [2.24, 2.45) is 5.92 Å². The zero-order valence-electron chi connectivity index (χ0n) is 10.4. The first kappa shape index (κ1) is 12.2. The van der Waals surface area contributed by atoms with Crippen molar-refractivity contribution in [3.05, 3.63) is 24.2 Å². The highest BCUT2D eigenvalue weighted by atomic mass is 16.3. The summed E-state index contributed by atoms with van der Waals surface area (Å²) in [5.41, 5.74) is 0. The summed E-state index contributed by atoms with van der Waals surface area (Å²) in [5, 5.41) is 3.09. The van der Waals surface area contributed by atoms with E-state index in [9.17, 15) is 4.79 Å². The summed E-state index contributed by atoms with van der Waals surface area (Å²) in [5.74, 6) is 1.40. The fraction of sp³-hybridized carbons (Fsp3) is 0.643. The number of furan rings is 1. The van der Waals surface area contributed by atoms with Crippen LogP contribution in [0.1, 0.15) is 44.8 Å². The average molecular weight is 235 g/mol. The van der Waals surface area contributed by atoms with Crippen LogP contribution in [0.15, 0.2) is 22.8 Å². The van der Waals surface area contributed by atoms with E-state index in [2.05, 4.69) is 5.32 Å².